The van der Waals surface area contributed by atoms with Gasteiger partial charge in [-0.2, -0.15) is 13.2 Å². The van der Waals surface area contributed by atoms with Crippen LogP contribution in [0.5, 0.6) is 5.75 Å². The van der Waals surface area contributed by atoms with Gasteiger partial charge in [0.2, 0.25) is 0 Å². The number of nitrogens with zero attached hydrogens (tertiary/aromatic N) is 1. The van der Waals surface area contributed by atoms with Gasteiger partial charge in [0.25, 0.3) is 5.91 Å². The molecule has 3 nitrogen and oxygen atoms in total. The quantitative estimate of drug-likeness (QED) is 0.785. The summed E-state index contributed by atoms with van der Waals surface area (Å²) in [6, 6.07) is 6.09. The van der Waals surface area contributed by atoms with E-state index in [-0.39, 0.29) is 17.7 Å². The molecular formula is C18H24F3NO2. The summed E-state index contributed by atoms with van der Waals surface area (Å²) in [7, 11) is 1.81. The summed E-state index contributed by atoms with van der Waals surface area (Å²) in [5, 5.41) is 0. The van der Waals surface area contributed by atoms with Crippen molar-refractivity contribution in [2.24, 2.45) is 0 Å². The highest BCUT2D eigenvalue weighted by molar-refractivity contribution is 5.94. The first-order valence-electron chi connectivity index (χ1n) is 8.43. The molecule has 0 atom stereocenters. The minimum atomic E-state index is -4.37. The number of carbonyl (C=O) groups is 1. The minimum absolute atomic E-state index is 0.0945. The molecular weight excluding hydrogens is 319 g/mol. The van der Waals surface area contributed by atoms with Gasteiger partial charge >= 0.3 is 6.18 Å². The molecule has 0 aliphatic heterocycles. The van der Waals surface area contributed by atoms with Crippen molar-refractivity contribution in [2.75, 3.05) is 13.7 Å². The normalized spacial score (nSPS) is 17.0. The van der Waals surface area contributed by atoms with Crippen molar-refractivity contribution in [1.82, 2.24) is 4.90 Å². The van der Waals surface area contributed by atoms with E-state index in [1.165, 1.54) is 43.5 Å². The van der Waals surface area contributed by atoms with E-state index in [0.717, 1.165) is 25.7 Å². The fourth-order valence-electron chi connectivity index (χ4n) is 3.05. The fraction of sp³-hybridized carbons (Fsp3) is 0.611. The van der Waals surface area contributed by atoms with E-state index in [4.69, 9.17) is 0 Å². The molecule has 2 rings (SSSR count). The number of amides is 1. The van der Waals surface area contributed by atoms with Crippen molar-refractivity contribution < 1.29 is 22.7 Å². The summed E-state index contributed by atoms with van der Waals surface area (Å²) < 4.78 is 41.1. The zero-order chi connectivity index (χ0) is 17.6. The molecule has 0 saturated heterocycles. The lowest BCUT2D eigenvalue weighted by atomic mass is 9.95. The molecule has 24 heavy (non-hydrogen) atoms. The number of halogens is 3. The van der Waals surface area contributed by atoms with E-state index in [0.29, 0.717) is 5.56 Å². The Morgan fingerprint density at radius 2 is 1.62 bits per heavy atom. The Kier molecular flexibility index (Phi) is 6.52. The lowest BCUT2D eigenvalue weighted by Crippen LogP contribution is -2.37. The molecule has 0 bridgehead atoms. The Balaban J connectivity index is 1.95. The molecule has 1 aliphatic rings. The predicted molar refractivity (Wildman–Crippen MR) is 86.2 cm³/mol. The summed E-state index contributed by atoms with van der Waals surface area (Å²) in [5.74, 6) is 0.0143. The lowest BCUT2D eigenvalue weighted by molar-refractivity contribution is -0.153. The zero-order valence-electron chi connectivity index (χ0n) is 13.9. The highest BCUT2D eigenvalue weighted by Crippen LogP contribution is 2.23. The van der Waals surface area contributed by atoms with Gasteiger partial charge in [-0.3, -0.25) is 4.79 Å². The lowest BCUT2D eigenvalue weighted by Gasteiger charge is -2.30. The molecule has 1 fully saturated rings. The molecule has 0 N–H and O–H groups in total. The molecule has 0 aromatic heterocycles. The van der Waals surface area contributed by atoms with E-state index in [1.807, 2.05) is 7.05 Å². The highest BCUT2D eigenvalue weighted by Gasteiger charge is 2.28. The number of alkyl halides is 3. The number of carbonyl (C=O) groups excluding carboxylic acids is 1. The molecule has 0 radical (unpaired) electrons. The second-order valence-electron chi connectivity index (χ2n) is 6.34. The molecule has 0 unspecified atom stereocenters. The molecule has 0 spiro atoms. The number of ether oxygens (including phenoxy) is 1. The van der Waals surface area contributed by atoms with Gasteiger partial charge in [0.1, 0.15) is 5.75 Å². The van der Waals surface area contributed by atoms with E-state index in [9.17, 15) is 18.0 Å². The molecule has 0 heterocycles. The maximum Gasteiger partial charge on any atom is 0.422 e. The predicted octanol–water partition coefficient (Wildman–Crippen LogP) is 4.81. The van der Waals surface area contributed by atoms with E-state index < -0.39 is 12.8 Å². The summed E-state index contributed by atoms with van der Waals surface area (Å²) in [6.07, 6.45) is 3.60. The van der Waals surface area contributed by atoms with Crippen molar-refractivity contribution in [1.29, 1.82) is 0 Å². The third-order valence-electron chi connectivity index (χ3n) is 4.45. The first kappa shape index (κ1) is 18.6. The molecule has 1 amide bonds. The van der Waals surface area contributed by atoms with Crippen LogP contribution >= 0.6 is 0 Å². The molecule has 1 saturated carbocycles. The minimum Gasteiger partial charge on any atom is -0.484 e. The number of hydrogen-bond acceptors (Lipinski definition) is 2. The maximum atomic E-state index is 12.6. The smallest absolute Gasteiger partial charge is 0.422 e. The topological polar surface area (TPSA) is 29.5 Å². The van der Waals surface area contributed by atoms with Crippen LogP contribution in [0, 0.1) is 0 Å². The summed E-state index contributed by atoms with van der Waals surface area (Å²) in [5.41, 5.74) is 0.471. The van der Waals surface area contributed by atoms with Crippen LogP contribution in [0.25, 0.3) is 0 Å². The molecule has 1 aromatic carbocycles. The Labute approximate surface area is 140 Å². The van der Waals surface area contributed by atoms with Crippen molar-refractivity contribution in [3.8, 4) is 5.75 Å². The van der Waals surface area contributed by atoms with Crippen LogP contribution in [0.2, 0.25) is 0 Å². The summed E-state index contributed by atoms with van der Waals surface area (Å²) in [4.78, 5) is 14.4. The van der Waals surface area contributed by atoms with Crippen molar-refractivity contribution >= 4 is 5.91 Å². The van der Waals surface area contributed by atoms with Gasteiger partial charge in [-0.1, -0.05) is 32.1 Å². The van der Waals surface area contributed by atoms with Crippen LogP contribution in [0.15, 0.2) is 24.3 Å². The van der Waals surface area contributed by atoms with Gasteiger partial charge in [0, 0.05) is 18.7 Å². The Bertz CT molecular complexity index is 520. The van der Waals surface area contributed by atoms with Gasteiger partial charge in [0.05, 0.1) is 0 Å². The maximum absolute atomic E-state index is 12.6. The summed E-state index contributed by atoms with van der Waals surface area (Å²) >= 11 is 0. The standard InChI is InChI=1S/C18H24F3NO2/c1-22(15-7-5-3-2-4-6-8-15)17(23)14-9-11-16(12-10-14)24-13-18(19,20)21/h9-12,15H,2-8,13H2,1H3. The third kappa shape index (κ3) is 5.73. The SMILES string of the molecule is CN(C(=O)c1ccc(OCC(F)(F)F)cc1)C1CCCCCCC1. The van der Waals surface area contributed by atoms with Crippen LogP contribution in [-0.4, -0.2) is 36.7 Å². The number of benzene rings is 1. The average molecular weight is 343 g/mol. The summed E-state index contributed by atoms with van der Waals surface area (Å²) in [6.45, 7) is -1.33. The van der Waals surface area contributed by atoms with Crippen LogP contribution in [0.3, 0.4) is 0 Å². The van der Waals surface area contributed by atoms with Crippen LogP contribution < -0.4 is 4.74 Å². The first-order valence-corrected chi connectivity index (χ1v) is 8.43. The molecule has 134 valence electrons. The van der Waals surface area contributed by atoms with E-state index in [2.05, 4.69) is 4.74 Å². The number of rotatable bonds is 4. The van der Waals surface area contributed by atoms with Gasteiger partial charge in [-0.15, -0.1) is 0 Å². The highest BCUT2D eigenvalue weighted by atomic mass is 19.4. The molecule has 6 heteroatoms. The first-order chi connectivity index (χ1) is 11.4. The van der Waals surface area contributed by atoms with Crippen molar-refractivity contribution in [3.63, 3.8) is 0 Å². The second-order valence-corrected chi connectivity index (χ2v) is 6.34. The van der Waals surface area contributed by atoms with Gasteiger partial charge in [0.15, 0.2) is 6.61 Å². The fourth-order valence-corrected chi connectivity index (χ4v) is 3.05. The van der Waals surface area contributed by atoms with Crippen LogP contribution in [0.1, 0.15) is 55.3 Å². The number of hydrogen-bond donors (Lipinski definition) is 0. The van der Waals surface area contributed by atoms with Gasteiger partial charge in [-0.25, -0.2) is 0 Å². The zero-order valence-corrected chi connectivity index (χ0v) is 13.9. The van der Waals surface area contributed by atoms with Crippen LogP contribution in [-0.2, 0) is 0 Å². The Hall–Kier alpha value is -1.72. The second kappa shape index (κ2) is 8.40. The monoisotopic (exact) mass is 343 g/mol. The van der Waals surface area contributed by atoms with Gasteiger partial charge < -0.3 is 9.64 Å². The van der Waals surface area contributed by atoms with Gasteiger partial charge in [-0.05, 0) is 37.1 Å². The van der Waals surface area contributed by atoms with E-state index >= 15 is 0 Å². The van der Waals surface area contributed by atoms with Crippen LogP contribution in [0.4, 0.5) is 13.2 Å². The molecule has 1 aliphatic carbocycles. The Morgan fingerprint density at radius 1 is 1.08 bits per heavy atom. The Morgan fingerprint density at radius 3 is 2.17 bits per heavy atom. The van der Waals surface area contributed by atoms with E-state index in [1.54, 1.807) is 4.90 Å². The molecule has 1 aromatic rings. The third-order valence-corrected chi connectivity index (χ3v) is 4.45. The van der Waals surface area contributed by atoms with Crippen molar-refractivity contribution in [2.45, 2.75) is 57.2 Å². The van der Waals surface area contributed by atoms with Crippen molar-refractivity contribution in [3.05, 3.63) is 29.8 Å². The largest absolute Gasteiger partial charge is 0.484 e. The average Bonchev–Trinajstić information content (AvgIpc) is 2.51.